The van der Waals surface area contributed by atoms with Crippen LogP contribution in [0.15, 0.2) is 42.5 Å². The average Bonchev–Trinajstić information content (AvgIpc) is 2.72. The van der Waals surface area contributed by atoms with E-state index in [4.69, 9.17) is 10.5 Å². The molecule has 1 heterocycles. The van der Waals surface area contributed by atoms with Crippen molar-refractivity contribution in [3.63, 3.8) is 0 Å². The van der Waals surface area contributed by atoms with Crippen molar-refractivity contribution in [3.05, 3.63) is 59.4 Å². The highest BCUT2D eigenvalue weighted by Gasteiger charge is 2.29. The Bertz CT molecular complexity index is 829. The van der Waals surface area contributed by atoms with E-state index in [1.54, 1.807) is 4.90 Å². The van der Waals surface area contributed by atoms with Crippen LogP contribution in [-0.4, -0.2) is 66.7 Å². The minimum atomic E-state index is -0.571. The molecule has 0 radical (unpaired) electrons. The van der Waals surface area contributed by atoms with Gasteiger partial charge < -0.3 is 20.5 Å². The summed E-state index contributed by atoms with van der Waals surface area (Å²) in [5.41, 5.74) is 6.67. The Hall–Kier alpha value is -2.48. The van der Waals surface area contributed by atoms with Gasteiger partial charge in [-0.3, -0.25) is 9.69 Å². The van der Waals surface area contributed by atoms with Crippen LogP contribution < -0.4 is 10.5 Å². The number of aliphatic hydroxyl groups excluding tert-OH is 1. The number of carbonyl (C=O) groups excluding carboxylic acids is 1. The number of amides is 1. The maximum Gasteiger partial charge on any atom is 0.257 e. The Kier molecular flexibility index (Phi) is 7.19. The fraction of sp³-hybridized carbons (Fsp3) is 0.409. The molecule has 0 spiro atoms. The number of nitrogens with two attached hydrogens (primary N) is 1. The minimum absolute atomic E-state index is 0.00504. The summed E-state index contributed by atoms with van der Waals surface area (Å²) < 4.78 is 20.2. The van der Waals surface area contributed by atoms with Crippen LogP contribution in [0.3, 0.4) is 0 Å². The predicted molar refractivity (Wildman–Crippen MR) is 110 cm³/mol. The highest BCUT2D eigenvalue weighted by atomic mass is 19.1. The lowest BCUT2D eigenvalue weighted by molar-refractivity contribution is 0.0496. The second-order valence-corrected chi connectivity index (χ2v) is 7.32. The molecule has 0 aliphatic carbocycles. The van der Waals surface area contributed by atoms with Crippen LogP contribution in [0.1, 0.15) is 22.3 Å². The average molecular weight is 401 g/mol. The third-order valence-corrected chi connectivity index (χ3v) is 5.29. The zero-order valence-electron chi connectivity index (χ0n) is 16.7. The van der Waals surface area contributed by atoms with E-state index in [2.05, 4.69) is 4.90 Å². The van der Waals surface area contributed by atoms with Gasteiger partial charge in [0.1, 0.15) is 17.3 Å². The molecule has 1 atom stereocenters. The van der Waals surface area contributed by atoms with E-state index in [1.165, 1.54) is 18.2 Å². The lowest BCUT2D eigenvalue weighted by atomic mass is 10.1. The summed E-state index contributed by atoms with van der Waals surface area (Å²) in [6.07, 6.45) is 1.36. The second-order valence-electron chi connectivity index (χ2n) is 7.32. The Morgan fingerprint density at radius 3 is 2.62 bits per heavy atom. The van der Waals surface area contributed by atoms with Crippen molar-refractivity contribution in [2.75, 3.05) is 39.8 Å². The largest absolute Gasteiger partial charge is 0.457 e. The number of benzene rings is 2. The van der Waals surface area contributed by atoms with Gasteiger partial charge in [0.05, 0.1) is 5.56 Å². The van der Waals surface area contributed by atoms with E-state index in [-0.39, 0.29) is 24.1 Å². The van der Waals surface area contributed by atoms with Crippen LogP contribution in [0.2, 0.25) is 0 Å². The van der Waals surface area contributed by atoms with Crippen molar-refractivity contribution in [2.24, 2.45) is 5.73 Å². The maximum atomic E-state index is 14.4. The van der Waals surface area contributed by atoms with E-state index in [0.717, 1.165) is 12.0 Å². The van der Waals surface area contributed by atoms with E-state index in [1.807, 2.05) is 31.3 Å². The van der Waals surface area contributed by atoms with E-state index in [0.29, 0.717) is 44.1 Å². The monoisotopic (exact) mass is 401 g/mol. The summed E-state index contributed by atoms with van der Waals surface area (Å²) in [5.74, 6) is 0.0845. The third-order valence-electron chi connectivity index (χ3n) is 5.29. The number of piperazine rings is 1. The number of carbonyl (C=O) groups is 1. The molecule has 3 N–H and O–H groups in total. The number of ether oxygens (including phenoxy) is 1. The predicted octanol–water partition coefficient (Wildman–Crippen LogP) is 2.26. The second kappa shape index (κ2) is 9.82. The maximum absolute atomic E-state index is 14.4. The molecule has 1 saturated heterocycles. The van der Waals surface area contributed by atoms with Crippen LogP contribution in [0.4, 0.5) is 4.39 Å². The van der Waals surface area contributed by atoms with Crippen LogP contribution in [0.25, 0.3) is 0 Å². The van der Waals surface area contributed by atoms with E-state index < -0.39 is 5.82 Å². The quantitative estimate of drug-likeness (QED) is 0.744. The lowest BCUT2D eigenvalue weighted by Gasteiger charge is -2.39. The van der Waals surface area contributed by atoms with Crippen molar-refractivity contribution in [3.8, 4) is 11.5 Å². The molecule has 0 aromatic heterocycles. The number of hydrogen-bond acceptors (Lipinski definition) is 5. The summed E-state index contributed by atoms with van der Waals surface area (Å²) in [4.78, 5) is 16.7. The molecular weight excluding hydrogens is 373 g/mol. The molecule has 156 valence electrons. The van der Waals surface area contributed by atoms with Crippen molar-refractivity contribution in [1.29, 1.82) is 0 Å². The van der Waals surface area contributed by atoms with Crippen LogP contribution >= 0.6 is 0 Å². The fourth-order valence-electron chi connectivity index (χ4n) is 3.52. The Morgan fingerprint density at radius 1 is 1.21 bits per heavy atom. The molecule has 3 rings (SSSR count). The molecule has 1 unspecified atom stereocenters. The summed E-state index contributed by atoms with van der Waals surface area (Å²) in [7, 11) is 1.97. The molecule has 2 aromatic carbocycles. The first-order valence-corrected chi connectivity index (χ1v) is 9.88. The van der Waals surface area contributed by atoms with Gasteiger partial charge in [0.25, 0.3) is 5.91 Å². The van der Waals surface area contributed by atoms with E-state index >= 15 is 0 Å². The van der Waals surface area contributed by atoms with Gasteiger partial charge in [-0.15, -0.1) is 0 Å². The highest BCUT2D eigenvalue weighted by Crippen LogP contribution is 2.25. The first-order chi connectivity index (χ1) is 14.0. The van der Waals surface area contributed by atoms with Gasteiger partial charge in [-0.05, 0) is 62.3 Å². The molecule has 1 fully saturated rings. The first-order valence-electron chi connectivity index (χ1n) is 9.88. The summed E-state index contributed by atoms with van der Waals surface area (Å²) >= 11 is 0. The van der Waals surface area contributed by atoms with E-state index in [9.17, 15) is 14.3 Å². The minimum Gasteiger partial charge on any atom is -0.457 e. The number of nitrogens with zero attached hydrogens (tertiary/aromatic N) is 2. The third kappa shape index (κ3) is 5.32. The molecular formula is C22H28FN3O3. The Balaban J connectivity index is 1.73. The summed E-state index contributed by atoms with van der Waals surface area (Å²) in [6.45, 7) is 2.30. The normalized spacial score (nSPS) is 17.4. The number of rotatable bonds is 7. The van der Waals surface area contributed by atoms with Crippen LogP contribution in [-0.2, 0) is 6.42 Å². The molecule has 1 aliphatic heterocycles. The van der Waals surface area contributed by atoms with Crippen LogP contribution in [0, 0.1) is 5.82 Å². The van der Waals surface area contributed by atoms with Gasteiger partial charge in [0.15, 0.2) is 0 Å². The topological polar surface area (TPSA) is 79.0 Å². The summed E-state index contributed by atoms with van der Waals surface area (Å²) in [6, 6.07) is 11.8. The molecule has 0 saturated carbocycles. The van der Waals surface area contributed by atoms with Gasteiger partial charge in [-0.25, -0.2) is 4.39 Å². The molecule has 2 aromatic rings. The van der Waals surface area contributed by atoms with Crippen molar-refractivity contribution in [1.82, 2.24) is 9.80 Å². The van der Waals surface area contributed by atoms with Gasteiger partial charge in [0.2, 0.25) is 0 Å². The molecule has 1 aliphatic rings. The van der Waals surface area contributed by atoms with Crippen LogP contribution in [0.5, 0.6) is 11.5 Å². The summed E-state index contributed by atoms with van der Waals surface area (Å²) in [5, 5.41) is 9.23. The molecule has 1 amide bonds. The molecule has 0 bridgehead atoms. The molecule has 7 heteroatoms. The van der Waals surface area contributed by atoms with Crippen molar-refractivity contribution < 1.29 is 19.0 Å². The van der Waals surface area contributed by atoms with Crippen molar-refractivity contribution in [2.45, 2.75) is 18.9 Å². The number of aliphatic hydroxyl groups is 1. The zero-order valence-corrected chi connectivity index (χ0v) is 16.7. The SMILES string of the molecule is CN1CCN(C(=O)c2cc(Oc3ccc(CCN)cc3)ccc2F)CC1CCO. The molecule has 29 heavy (non-hydrogen) atoms. The Labute approximate surface area is 170 Å². The number of halogens is 1. The van der Waals surface area contributed by atoms with Crippen molar-refractivity contribution >= 4 is 5.91 Å². The first kappa shape index (κ1) is 21.2. The van der Waals surface area contributed by atoms with Gasteiger partial charge in [0, 0.05) is 32.3 Å². The van der Waals surface area contributed by atoms with Gasteiger partial charge in [-0.1, -0.05) is 12.1 Å². The molecule has 6 nitrogen and oxygen atoms in total. The highest BCUT2D eigenvalue weighted by molar-refractivity contribution is 5.95. The van der Waals surface area contributed by atoms with Gasteiger partial charge >= 0.3 is 0 Å². The smallest absolute Gasteiger partial charge is 0.257 e. The zero-order chi connectivity index (χ0) is 20.8. The fourth-order valence-corrected chi connectivity index (χ4v) is 3.52. The number of likely N-dealkylation sites (N-methyl/N-ethyl adjacent to an activating group) is 1. The lowest BCUT2D eigenvalue weighted by Crippen LogP contribution is -2.53. The Morgan fingerprint density at radius 2 is 1.93 bits per heavy atom. The number of hydrogen-bond donors (Lipinski definition) is 2. The van der Waals surface area contributed by atoms with Gasteiger partial charge in [-0.2, -0.15) is 0 Å². The standard InChI is InChI=1S/C22H28FN3O3/c1-25-11-12-26(15-17(25)9-13-27)22(28)20-14-19(6-7-21(20)23)29-18-4-2-16(3-5-18)8-10-24/h2-7,14,17,27H,8-13,15,24H2,1H3.